The van der Waals surface area contributed by atoms with E-state index in [1.165, 1.54) is 0 Å². The molecule has 4 rings (SSSR count). The molecule has 0 unspecified atom stereocenters. The van der Waals surface area contributed by atoms with Gasteiger partial charge in [-0.15, -0.1) is 0 Å². The van der Waals surface area contributed by atoms with Crippen LogP contribution in [0.25, 0.3) is 11.5 Å². The first-order valence-electron chi connectivity index (χ1n) is 9.10. The Morgan fingerprint density at radius 1 is 1.19 bits per heavy atom. The highest BCUT2D eigenvalue weighted by atomic mass is 16.5. The first-order valence-corrected chi connectivity index (χ1v) is 9.10. The lowest BCUT2D eigenvalue weighted by atomic mass is 10.1. The van der Waals surface area contributed by atoms with Crippen molar-refractivity contribution in [3.63, 3.8) is 0 Å². The predicted molar refractivity (Wildman–Crippen MR) is 103 cm³/mol. The number of aromatic nitrogens is 5. The Balaban J connectivity index is 1.40. The topological polar surface area (TPSA) is 91.8 Å². The number of aryl methyl sites for hydroxylation is 1. The number of H-pyrrole nitrogens is 1. The lowest BCUT2D eigenvalue weighted by Crippen LogP contribution is -2.35. The van der Waals surface area contributed by atoms with Crippen molar-refractivity contribution in [2.45, 2.75) is 25.9 Å². The molecule has 27 heavy (non-hydrogen) atoms. The third-order valence-corrected chi connectivity index (χ3v) is 4.67. The van der Waals surface area contributed by atoms with Crippen molar-refractivity contribution in [2.24, 2.45) is 0 Å². The lowest BCUT2D eigenvalue weighted by molar-refractivity contribution is 0.114. The zero-order chi connectivity index (χ0) is 18.6. The highest BCUT2D eigenvalue weighted by Gasteiger charge is 2.18. The number of piperidine rings is 1. The zero-order valence-electron chi connectivity index (χ0n) is 15.5. The molecule has 0 atom stereocenters. The van der Waals surface area contributed by atoms with Crippen LogP contribution in [0.3, 0.4) is 0 Å². The van der Waals surface area contributed by atoms with Crippen LogP contribution in [0, 0.1) is 6.92 Å². The highest BCUT2D eigenvalue weighted by Crippen LogP contribution is 2.21. The molecule has 8 heteroatoms. The monoisotopic (exact) mass is 365 g/mol. The molecule has 4 heterocycles. The van der Waals surface area contributed by atoms with Crippen molar-refractivity contribution < 1.29 is 4.74 Å². The van der Waals surface area contributed by atoms with E-state index in [-0.39, 0.29) is 6.10 Å². The van der Waals surface area contributed by atoms with E-state index in [1.807, 2.05) is 31.2 Å². The third-order valence-electron chi connectivity index (χ3n) is 4.67. The van der Waals surface area contributed by atoms with E-state index < -0.39 is 0 Å². The van der Waals surface area contributed by atoms with E-state index in [4.69, 9.17) is 4.74 Å². The SMILES string of the molecule is Cc1cccnc1Nc1nc(-c2ccc(OC3CCN(C)CC3)cn2)n[nH]1. The Kier molecular flexibility index (Phi) is 4.97. The molecule has 2 N–H and O–H groups in total. The first-order chi connectivity index (χ1) is 13.2. The minimum absolute atomic E-state index is 0.259. The fraction of sp³-hybridized carbons (Fsp3) is 0.368. The molecule has 0 saturated carbocycles. The molecule has 1 aliphatic rings. The van der Waals surface area contributed by atoms with Gasteiger partial charge < -0.3 is 15.0 Å². The van der Waals surface area contributed by atoms with Gasteiger partial charge in [-0.2, -0.15) is 10.1 Å². The van der Waals surface area contributed by atoms with Gasteiger partial charge in [0.2, 0.25) is 11.8 Å². The summed E-state index contributed by atoms with van der Waals surface area (Å²) in [7, 11) is 2.14. The lowest BCUT2D eigenvalue weighted by Gasteiger charge is -2.29. The molecule has 1 fully saturated rings. The summed E-state index contributed by atoms with van der Waals surface area (Å²) in [6.45, 7) is 4.12. The number of pyridine rings is 2. The van der Waals surface area contributed by atoms with Gasteiger partial charge in [-0.1, -0.05) is 6.07 Å². The molecule has 0 aliphatic carbocycles. The van der Waals surface area contributed by atoms with Crippen molar-refractivity contribution >= 4 is 11.8 Å². The summed E-state index contributed by atoms with van der Waals surface area (Å²) in [5, 5.41) is 10.2. The van der Waals surface area contributed by atoms with Crippen LogP contribution in [0.4, 0.5) is 11.8 Å². The summed E-state index contributed by atoms with van der Waals surface area (Å²) in [5.74, 6) is 2.58. The Labute approximate surface area is 158 Å². The fourth-order valence-electron chi connectivity index (χ4n) is 3.04. The van der Waals surface area contributed by atoms with Crippen molar-refractivity contribution in [2.75, 3.05) is 25.5 Å². The van der Waals surface area contributed by atoms with Gasteiger partial charge in [0.1, 0.15) is 23.4 Å². The van der Waals surface area contributed by atoms with E-state index in [0.29, 0.717) is 17.5 Å². The van der Waals surface area contributed by atoms with Gasteiger partial charge in [-0.3, -0.25) is 0 Å². The molecule has 1 saturated heterocycles. The second-order valence-electron chi connectivity index (χ2n) is 6.80. The molecule has 0 aromatic carbocycles. The summed E-state index contributed by atoms with van der Waals surface area (Å²) >= 11 is 0. The molecule has 1 aliphatic heterocycles. The number of aromatic amines is 1. The normalized spacial score (nSPS) is 15.6. The Morgan fingerprint density at radius 2 is 2.04 bits per heavy atom. The summed E-state index contributed by atoms with van der Waals surface area (Å²) in [6.07, 6.45) is 5.81. The minimum Gasteiger partial charge on any atom is -0.489 e. The average molecular weight is 365 g/mol. The van der Waals surface area contributed by atoms with Gasteiger partial charge in [0, 0.05) is 19.3 Å². The Bertz CT molecular complexity index is 885. The summed E-state index contributed by atoms with van der Waals surface area (Å²) in [5.41, 5.74) is 1.72. The Morgan fingerprint density at radius 3 is 2.78 bits per heavy atom. The van der Waals surface area contributed by atoms with Crippen LogP contribution < -0.4 is 10.1 Å². The van der Waals surface area contributed by atoms with Crippen LogP contribution in [0.1, 0.15) is 18.4 Å². The molecule has 8 nitrogen and oxygen atoms in total. The van der Waals surface area contributed by atoms with Crippen molar-refractivity contribution in [1.82, 2.24) is 30.0 Å². The third kappa shape index (κ3) is 4.22. The molecule has 0 radical (unpaired) electrons. The molecule has 0 spiro atoms. The predicted octanol–water partition coefficient (Wildman–Crippen LogP) is 2.79. The van der Waals surface area contributed by atoms with Gasteiger partial charge >= 0.3 is 0 Å². The van der Waals surface area contributed by atoms with Gasteiger partial charge in [0.05, 0.1) is 6.20 Å². The first kappa shape index (κ1) is 17.4. The van der Waals surface area contributed by atoms with Gasteiger partial charge in [0.25, 0.3) is 0 Å². The summed E-state index contributed by atoms with van der Waals surface area (Å²) in [6, 6.07) is 7.68. The molecule has 0 bridgehead atoms. The van der Waals surface area contributed by atoms with Gasteiger partial charge in [0.15, 0.2) is 0 Å². The number of nitrogens with one attached hydrogen (secondary N) is 2. The van der Waals surface area contributed by atoms with Crippen LogP contribution in [0.15, 0.2) is 36.7 Å². The van der Waals surface area contributed by atoms with Crippen molar-refractivity contribution in [3.05, 3.63) is 42.2 Å². The van der Waals surface area contributed by atoms with E-state index in [2.05, 4.69) is 42.4 Å². The van der Waals surface area contributed by atoms with Crippen LogP contribution in [-0.2, 0) is 0 Å². The van der Waals surface area contributed by atoms with Crippen LogP contribution in [0.2, 0.25) is 0 Å². The van der Waals surface area contributed by atoms with Crippen LogP contribution >= 0.6 is 0 Å². The maximum Gasteiger partial charge on any atom is 0.224 e. The van der Waals surface area contributed by atoms with Crippen molar-refractivity contribution in [3.8, 4) is 17.3 Å². The smallest absolute Gasteiger partial charge is 0.224 e. The highest BCUT2D eigenvalue weighted by molar-refractivity contribution is 5.56. The van der Waals surface area contributed by atoms with Gasteiger partial charge in [-0.25, -0.2) is 15.1 Å². The van der Waals surface area contributed by atoms with Crippen LogP contribution in [0.5, 0.6) is 5.75 Å². The number of rotatable bonds is 5. The number of anilines is 2. The summed E-state index contributed by atoms with van der Waals surface area (Å²) < 4.78 is 6.03. The van der Waals surface area contributed by atoms with Gasteiger partial charge in [-0.05, 0) is 50.6 Å². The Hall–Kier alpha value is -3.00. The largest absolute Gasteiger partial charge is 0.489 e. The zero-order valence-corrected chi connectivity index (χ0v) is 15.5. The molecule has 0 amide bonds. The van der Waals surface area contributed by atoms with E-state index in [1.54, 1.807) is 12.4 Å². The van der Waals surface area contributed by atoms with Crippen molar-refractivity contribution in [1.29, 1.82) is 0 Å². The molecular formula is C19H23N7O. The molecular weight excluding hydrogens is 342 g/mol. The summed E-state index contributed by atoms with van der Waals surface area (Å²) in [4.78, 5) is 15.5. The average Bonchev–Trinajstić information content (AvgIpc) is 3.15. The molecule has 3 aromatic rings. The number of likely N-dealkylation sites (tertiary alicyclic amines) is 1. The quantitative estimate of drug-likeness (QED) is 0.718. The molecule has 3 aromatic heterocycles. The number of hydrogen-bond donors (Lipinski definition) is 2. The van der Waals surface area contributed by atoms with E-state index in [0.717, 1.165) is 43.1 Å². The molecule has 140 valence electrons. The number of hydrogen-bond acceptors (Lipinski definition) is 7. The minimum atomic E-state index is 0.259. The van der Waals surface area contributed by atoms with E-state index >= 15 is 0 Å². The maximum absolute atomic E-state index is 6.03. The second kappa shape index (κ2) is 7.71. The number of ether oxygens (including phenoxy) is 1. The standard InChI is InChI=1S/C19H23N7O/c1-13-4-3-9-20-17(13)22-19-23-18(24-25-19)16-6-5-15(12-21-16)27-14-7-10-26(2)11-8-14/h3-6,9,12,14H,7-8,10-11H2,1-2H3,(H2,20,22,23,24,25). The van der Waals surface area contributed by atoms with E-state index in [9.17, 15) is 0 Å². The maximum atomic E-state index is 6.03. The second-order valence-corrected chi connectivity index (χ2v) is 6.80. The fourth-order valence-corrected chi connectivity index (χ4v) is 3.04. The van der Waals surface area contributed by atoms with Crippen LogP contribution in [-0.4, -0.2) is 56.3 Å². The number of nitrogens with zero attached hydrogens (tertiary/aromatic N) is 5.